The average Bonchev–Trinajstić information content (AvgIpc) is 2.27. The lowest BCUT2D eigenvalue weighted by atomic mass is 9.89. The van der Waals surface area contributed by atoms with Crippen molar-refractivity contribution in [1.82, 2.24) is 0 Å². The molecular weight excluding hydrogens is 230 g/mol. The van der Waals surface area contributed by atoms with E-state index >= 15 is 0 Å². The highest BCUT2D eigenvalue weighted by molar-refractivity contribution is 6.68. The minimum Gasteiger partial charge on any atom is -0.275 e. The Hall–Kier alpha value is -1.42. The number of rotatable bonds is 2. The zero-order valence-electron chi connectivity index (χ0n) is 8.53. The molecule has 84 valence electrons. The fourth-order valence-electron chi connectivity index (χ4n) is 2.18. The van der Waals surface area contributed by atoms with Crippen LogP contribution in [0.2, 0.25) is 0 Å². The lowest BCUT2D eigenvalue weighted by molar-refractivity contribution is -0.385. The molecule has 5 heteroatoms. The minimum absolute atomic E-state index is 0.00677. The summed E-state index contributed by atoms with van der Waals surface area (Å²) < 4.78 is 0. The molecule has 0 radical (unpaired) electrons. The summed E-state index contributed by atoms with van der Waals surface area (Å²) in [5, 5.41) is 10.2. The molecule has 2 rings (SSSR count). The van der Waals surface area contributed by atoms with Crippen LogP contribution in [0, 0.1) is 10.1 Å². The number of carbonyl (C=O) groups is 1. The number of halogens is 1. The molecule has 1 aromatic carbocycles. The zero-order valence-corrected chi connectivity index (χ0v) is 9.29. The van der Waals surface area contributed by atoms with Gasteiger partial charge in [-0.3, -0.25) is 14.9 Å². The number of nitrogens with zero attached hydrogens (tertiary/aromatic N) is 1. The summed E-state index contributed by atoms with van der Waals surface area (Å²) in [6.07, 6.45) is 3.46. The van der Waals surface area contributed by atoms with Gasteiger partial charge in [-0.1, -0.05) is 6.07 Å². The lowest BCUT2D eigenvalue weighted by Crippen LogP contribution is -2.09. The van der Waals surface area contributed by atoms with Crippen molar-refractivity contribution < 1.29 is 9.72 Å². The first-order valence-electron chi connectivity index (χ1n) is 5.10. The Labute approximate surface area is 97.4 Å². The van der Waals surface area contributed by atoms with E-state index in [1.807, 2.05) is 0 Å². The number of hydrogen-bond donors (Lipinski definition) is 0. The quantitative estimate of drug-likeness (QED) is 0.453. The van der Waals surface area contributed by atoms with Gasteiger partial charge in [0.05, 0.1) is 4.92 Å². The molecule has 0 bridgehead atoms. The molecule has 1 aliphatic rings. The number of benzene rings is 1. The Morgan fingerprint density at radius 2 is 2.00 bits per heavy atom. The summed E-state index contributed by atoms with van der Waals surface area (Å²) in [4.78, 5) is 21.6. The summed E-state index contributed by atoms with van der Waals surface area (Å²) in [6, 6.07) is 3.23. The lowest BCUT2D eigenvalue weighted by Gasteiger charge is -2.16. The van der Waals surface area contributed by atoms with Crippen LogP contribution in [0.25, 0.3) is 0 Å². The normalized spacial score (nSPS) is 14.3. The highest BCUT2D eigenvalue weighted by Gasteiger charge is 2.27. The van der Waals surface area contributed by atoms with Gasteiger partial charge in [0.25, 0.3) is 10.9 Å². The van der Waals surface area contributed by atoms with E-state index < -0.39 is 10.2 Å². The molecule has 0 heterocycles. The third-order valence-electron chi connectivity index (χ3n) is 2.90. The monoisotopic (exact) mass is 239 g/mol. The maximum Gasteiger partial charge on any atom is 0.284 e. The van der Waals surface area contributed by atoms with Crippen molar-refractivity contribution in [2.45, 2.75) is 25.7 Å². The van der Waals surface area contributed by atoms with Crippen LogP contribution >= 0.6 is 11.6 Å². The standard InChI is InChI=1S/C11H10ClNO3/c12-11(14)9-6-5-7-3-1-2-4-8(7)10(9)13(15)16/h5-6H,1-4H2. The SMILES string of the molecule is O=C(Cl)c1ccc2c(c1[N+](=O)[O-])CCCC2. The maximum atomic E-state index is 11.1. The van der Waals surface area contributed by atoms with E-state index in [0.29, 0.717) is 12.0 Å². The summed E-state index contributed by atoms with van der Waals surface area (Å²) in [5.74, 6) is 0. The topological polar surface area (TPSA) is 60.2 Å². The van der Waals surface area contributed by atoms with Gasteiger partial charge in [-0.15, -0.1) is 0 Å². The fraction of sp³-hybridized carbons (Fsp3) is 0.364. The summed E-state index contributed by atoms with van der Waals surface area (Å²) >= 11 is 5.35. The van der Waals surface area contributed by atoms with E-state index in [-0.39, 0.29) is 11.3 Å². The molecule has 0 saturated carbocycles. The van der Waals surface area contributed by atoms with Crippen LogP contribution in [0.4, 0.5) is 5.69 Å². The van der Waals surface area contributed by atoms with Crippen molar-refractivity contribution in [3.63, 3.8) is 0 Å². The molecule has 0 fully saturated rings. The van der Waals surface area contributed by atoms with E-state index in [1.165, 1.54) is 6.07 Å². The van der Waals surface area contributed by atoms with Crippen molar-refractivity contribution in [2.75, 3.05) is 0 Å². The second-order valence-corrected chi connectivity index (χ2v) is 4.18. The van der Waals surface area contributed by atoms with Gasteiger partial charge in [-0.05, 0) is 48.9 Å². The van der Waals surface area contributed by atoms with Crippen LogP contribution in [0.3, 0.4) is 0 Å². The number of fused-ring (bicyclic) bond motifs is 1. The van der Waals surface area contributed by atoms with Gasteiger partial charge in [-0.25, -0.2) is 0 Å². The van der Waals surface area contributed by atoms with Gasteiger partial charge < -0.3 is 0 Å². The van der Waals surface area contributed by atoms with Crippen LogP contribution < -0.4 is 0 Å². The second kappa shape index (κ2) is 4.22. The summed E-state index contributed by atoms with van der Waals surface area (Å²) in [7, 11) is 0. The summed E-state index contributed by atoms with van der Waals surface area (Å²) in [6.45, 7) is 0. The van der Waals surface area contributed by atoms with Crippen molar-refractivity contribution >= 4 is 22.5 Å². The average molecular weight is 240 g/mol. The molecule has 0 N–H and O–H groups in total. The third kappa shape index (κ3) is 1.80. The Kier molecular flexibility index (Phi) is 2.92. The highest BCUT2D eigenvalue weighted by Crippen LogP contribution is 2.33. The summed E-state index contributed by atoms with van der Waals surface area (Å²) in [5.41, 5.74) is 1.56. The maximum absolute atomic E-state index is 11.1. The molecule has 1 aliphatic carbocycles. The highest BCUT2D eigenvalue weighted by atomic mass is 35.5. The van der Waals surface area contributed by atoms with E-state index in [1.54, 1.807) is 6.07 Å². The van der Waals surface area contributed by atoms with E-state index in [9.17, 15) is 14.9 Å². The van der Waals surface area contributed by atoms with Crippen LogP contribution in [-0.4, -0.2) is 10.2 Å². The number of aryl methyl sites for hydroxylation is 1. The molecular formula is C11H10ClNO3. The molecule has 0 atom stereocenters. The largest absolute Gasteiger partial charge is 0.284 e. The fourth-order valence-corrected chi connectivity index (χ4v) is 2.33. The van der Waals surface area contributed by atoms with Crippen LogP contribution in [0.1, 0.15) is 34.3 Å². The molecule has 0 amide bonds. The minimum atomic E-state index is -0.764. The third-order valence-corrected chi connectivity index (χ3v) is 3.10. The smallest absolute Gasteiger partial charge is 0.275 e. The molecule has 0 aromatic heterocycles. The van der Waals surface area contributed by atoms with Crippen LogP contribution in [-0.2, 0) is 12.8 Å². The molecule has 4 nitrogen and oxygen atoms in total. The van der Waals surface area contributed by atoms with Crippen molar-refractivity contribution in [3.8, 4) is 0 Å². The zero-order chi connectivity index (χ0) is 11.7. The van der Waals surface area contributed by atoms with Gasteiger partial charge in [0, 0.05) is 5.56 Å². The second-order valence-electron chi connectivity index (χ2n) is 3.84. The predicted molar refractivity (Wildman–Crippen MR) is 59.9 cm³/mol. The molecule has 16 heavy (non-hydrogen) atoms. The number of hydrogen-bond acceptors (Lipinski definition) is 3. The first kappa shape index (κ1) is 11.1. The molecule has 0 spiro atoms. The van der Waals surface area contributed by atoms with E-state index in [4.69, 9.17) is 11.6 Å². The van der Waals surface area contributed by atoms with Gasteiger partial charge in [0.1, 0.15) is 5.56 Å². The van der Waals surface area contributed by atoms with Gasteiger partial charge in [0.15, 0.2) is 0 Å². The molecule has 1 aromatic rings. The molecule has 0 aliphatic heterocycles. The van der Waals surface area contributed by atoms with Crippen LogP contribution in [0.15, 0.2) is 12.1 Å². The van der Waals surface area contributed by atoms with E-state index in [0.717, 1.165) is 24.8 Å². The van der Waals surface area contributed by atoms with Crippen molar-refractivity contribution in [3.05, 3.63) is 38.9 Å². The Bertz CT molecular complexity index is 471. The van der Waals surface area contributed by atoms with Crippen molar-refractivity contribution in [1.29, 1.82) is 0 Å². The Balaban J connectivity index is 2.66. The van der Waals surface area contributed by atoms with E-state index in [2.05, 4.69) is 0 Å². The number of nitro benzene ring substituents is 1. The van der Waals surface area contributed by atoms with Gasteiger partial charge in [-0.2, -0.15) is 0 Å². The van der Waals surface area contributed by atoms with Crippen molar-refractivity contribution in [2.24, 2.45) is 0 Å². The molecule has 0 unspecified atom stereocenters. The number of carbonyl (C=O) groups excluding carboxylic acids is 1. The van der Waals surface area contributed by atoms with Gasteiger partial charge in [0.2, 0.25) is 0 Å². The molecule has 0 saturated heterocycles. The van der Waals surface area contributed by atoms with Gasteiger partial charge >= 0.3 is 0 Å². The first-order valence-corrected chi connectivity index (χ1v) is 5.48. The predicted octanol–water partition coefficient (Wildman–Crippen LogP) is 2.85. The Morgan fingerprint density at radius 1 is 1.31 bits per heavy atom. The Morgan fingerprint density at radius 3 is 2.62 bits per heavy atom. The number of nitro groups is 1. The van der Waals surface area contributed by atoms with Crippen LogP contribution in [0.5, 0.6) is 0 Å². The first-order chi connectivity index (χ1) is 7.61.